The van der Waals surface area contributed by atoms with Crippen LogP contribution in [0.5, 0.6) is 0 Å². The van der Waals surface area contributed by atoms with Crippen LogP contribution in [0.3, 0.4) is 0 Å². The number of anilines is 1. The maximum absolute atomic E-state index is 14.6. The summed E-state index contributed by atoms with van der Waals surface area (Å²) in [6, 6.07) is 24.9. The van der Waals surface area contributed by atoms with E-state index in [1.807, 2.05) is 89.3 Å². The summed E-state index contributed by atoms with van der Waals surface area (Å²) in [5, 5.41) is 4.94. The van der Waals surface area contributed by atoms with Crippen molar-refractivity contribution in [2.45, 2.75) is 17.5 Å². The number of fused-ring (bicyclic) bond motifs is 6. The predicted molar refractivity (Wildman–Crippen MR) is 151 cm³/mol. The van der Waals surface area contributed by atoms with Gasteiger partial charge in [-0.15, -0.1) is 11.3 Å². The molecule has 0 saturated carbocycles. The van der Waals surface area contributed by atoms with Crippen LogP contribution in [0.2, 0.25) is 0 Å². The third kappa shape index (κ3) is 3.12. The molecule has 3 aliphatic heterocycles. The number of nitrogens with one attached hydrogen (secondary N) is 1. The molecule has 186 valence electrons. The maximum atomic E-state index is 14.6. The molecule has 0 bridgehead atoms. The number of carbonyl (C=O) groups is 3. The van der Waals surface area contributed by atoms with Gasteiger partial charge in [0.05, 0.1) is 16.8 Å². The topological polar surface area (TPSA) is 66.5 Å². The number of thiophene rings is 1. The van der Waals surface area contributed by atoms with Crippen molar-refractivity contribution >= 4 is 56.5 Å². The molecule has 4 heterocycles. The average molecular weight is 581 g/mol. The van der Waals surface area contributed by atoms with Gasteiger partial charge in [-0.1, -0.05) is 76.6 Å². The standard InChI is InChI=1S/C31H21BrN2O3S/c32-20-13-11-19(12-14-20)27(35)25-26(28(36)24-10-5-17-38-24)34-16-15-18-6-1-2-7-21(18)29(34)31(25)22-8-3-4-9-23(22)33-30(31)37/h1-17,25-26,29H,(H,33,37)/t25-,26+,29+,31-/m1/s1. The summed E-state index contributed by atoms with van der Waals surface area (Å²) in [5.41, 5.74) is 2.50. The normalized spacial score (nSPS) is 24.6. The number of Topliss-reactive ketones (excluding diaryl/α,β-unsaturated/α-hetero) is 2. The van der Waals surface area contributed by atoms with Crippen LogP contribution < -0.4 is 5.32 Å². The Morgan fingerprint density at radius 3 is 2.45 bits per heavy atom. The van der Waals surface area contributed by atoms with Gasteiger partial charge in [-0.3, -0.25) is 14.4 Å². The van der Waals surface area contributed by atoms with Crippen LogP contribution in [0.1, 0.15) is 42.8 Å². The van der Waals surface area contributed by atoms with E-state index in [0.717, 1.165) is 21.2 Å². The Hall–Kier alpha value is -3.81. The molecule has 4 atom stereocenters. The van der Waals surface area contributed by atoms with Gasteiger partial charge in [0.15, 0.2) is 11.6 Å². The van der Waals surface area contributed by atoms with Gasteiger partial charge < -0.3 is 10.2 Å². The second kappa shape index (κ2) is 8.61. The van der Waals surface area contributed by atoms with Crippen molar-refractivity contribution in [3.8, 4) is 0 Å². The minimum Gasteiger partial charge on any atom is -0.358 e. The number of hydrogen-bond donors (Lipinski definition) is 1. The zero-order chi connectivity index (χ0) is 26.0. The van der Waals surface area contributed by atoms with Gasteiger partial charge in [-0.25, -0.2) is 0 Å². The molecule has 5 nitrogen and oxygen atoms in total. The fraction of sp³-hybridized carbons (Fsp3) is 0.129. The van der Waals surface area contributed by atoms with E-state index in [4.69, 9.17) is 0 Å². The largest absolute Gasteiger partial charge is 0.358 e. The highest BCUT2D eigenvalue weighted by atomic mass is 79.9. The second-order valence-electron chi connectivity index (χ2n) is 9.80. The first-order valence-corrected chi connectivity index (χ1v) is 14.0. The predicted octanol–water partition coefficient (Wildman–Crippen LogP) is 6.49. The van der Waals surface area contributed by atoms with Gasteiger partial charge in [-0.05, 0) is 52.4 Å². The molecule has 0 aliphatic carbocycles. The molecular formula is C31H21BrN2O3S. The quantitative estimate of drug-likeness (QED) is 0.280. The molecule has 1 aromatic heterocycles. The van der Waals surface area contributed by atoms with Crippen LogP contribution in [-0.4, -0.2) is 28.4 Å². The molecule has 0 radical (unpaired) electrons. The molecule has 7 heteroatoms. The number of carbonyl (C=O) groups excluding carboxylic acids is 3. The number of ketones is 2. The molecule has 3 aromatic carbocycles. The first-order valence-electron chi connectivity index (χ1n) is 12.3. The van der Waals surface area contributed by atoms with Crippen LogP contribution in [-0.2, 0) is 10.2 Å². The van der Waals surface area contributed by atoms with E-state index >= 15 is 0 Å². The van der Waals surface area contributed by atoms with Gasteiger partial charge >= 0.3 is 0 Å². The van der Waals surface area contributed by atoms with Crippen LogP contribution >= 0.6 is 27.3 Å². The number of halogens is 1. The van der Waals surface area contributed by atoms with Gasteiger partial charge in [0.25, 0.3) is 0 Å². The minimum atomic E-state index is -1.31. The zero-order valence-corrected chi connectivity index (χ0v) is 22.4. The Bertz CT molecular complexity index is 1650. The van der Waals surface area contributed by atoms with Crippen molar-refractivity contribution in [3.05, 3.63) is 128 Å². The number of benzene rings is 3. The highest BCUT2D eigenvalue weighted by Crippen LogP contribution is 2.62. The van der Waals surface area contributed by atoms with Crippen molar-refractivity contribution in [1.82, 2.24) is 4.90 Å². The Balaban J connectivity index is 1.55. The van der Waals surface area contributed by atoms with Crippen molar-refractivity contribution in [2.24, 2.45) is 5.92 Å². The van der Waals surface area contributed by atoms with E-state index in [0.29, 0.717) is 16.1 Å². The Morgan fingerprint density at radius 1 is 0.895 bits per heavy atom. The van der Waals surface area contributed by atoms with Crippen molar-refractivity contribution in [3.63, 3.8) is 0 Å². The molecule has 4 aromatic rings. The molecule has 1 fully saturated rings. The van der Waals surface area contributed by atoms with Crippen LogP contribution in [0, 0.1) is 5.92 Å². The van der Waals surface area contributed by atoms with E-state index < -0.39 is 23.4 Å². The third-order valence-electron chi connectivity index (χ3n) is 8.01. The molecule has 1 spiro atoms. The lowest BCUT2D eigenvalue weighted by atomic mass is 9.63. The van der Waals surface area contributed by atoms with Gasteiger partial charge in [0, 0.05) is 21.9 Å². The molecule has 1 N–H and O–H groups in total. The van der Waals surface area contributed by atoms with E-state index in [1.165, 1.54) is 11.3 Å². The van der Waals surface area contributed by atoms with Crippen molar-refractivity contribution < 1.29 is 14.4 Å². The molecule has 3 aliphatic rings. The number of nitrogens with zero attached hydrogens (tertiary/aromatic N) is 1. The fourth-order valence-corrected chi connectivity index (χ4v) is 7.49. The molecule has 1 saturated heterocycles. The lowest BCUT2D eigenvalue weighted by Crippen LogP contribution is -2.49. The molecule has 0 unspecified atom stereocenters. The third-order valence-corrected chi connectivity index (χ3v) is 9.43. The summed E-state index contributed by atoms with van der Waals surface area (Å²) < 4.78 is 0.847. The van der Waals surface area contributed by atoms with Crippen molar-refractivity contribution in [2.75, 3.05) is 5.32 Å². The van der Waals surface area contributed by atoms with Crippen LogP contribution in [0.4, 0.5) is 5.69 Å². The monoisotopic (exact) mass is 580 g/mol. The van der Waals surface area contributed by atoms with E-state index in [-0.39, 0.29) is 17.5 Å². The zero-order valence-electron chi connectivity index (χ0n) is 20.0. The summed E-state index contributed by atoms with van der Waals surface area (Å²) in [6.45, 7) is 0. The first-order chi connectivity index (χ1) is 18.5. The summed E-state index contributed by atoms with van der Waals surface area (Å²) in [6.07, 6.45) is 3.87. The lowest BCUT2D eigenvalue weighted by molar-refractivity contribution is -0.122. The van der Waals surface area contributed by atoms with Gasteiger partial charge in [0.1, 0.15) is 11.5 Å². The minimum absolute atomic E-state index is 0.154. The smallest absolute Gasteiger partial charge is 0.238 e. The molecule has 7 rings (SSSR count). The van der Waals surface area contributed by atoms with E-state index in [9.17, 15) is 14.4 Å². The van der Waals surface area contributed by atoms with Gasteiger partial charge in [-0.2, -0.15) is 0 Å². The SMILES string of the molecule is O=C(c1cccs1)[C@@H]1[C@H](C(=O)c2ccc(Br)cc2)[C@@]2(C(=O)Nc3ccccc32)[C@@H]2c3ccccc3C=CN12. The fourth-order valence-electron chi connectivity index (χ4n) is 6.53. The summed E-state index contributed by atoms with van der Waals surface area (Å²) in [7, 11) is 0. The maximum Gasteiger partial charge on any atom is 0.238 e. The highest BCUT2D eigenvalue weighted by Gasteiger charge is 2.70. The average Bonchev–Trinajstić information content (AvgIpc) is 3.65. The Labute approximate surface area is 231 Å². The van der Waals surface area contributed by atoms with Crippen molar-refractivity contribution in [1.29, 1.82) is 0 Å². The molecule has 1 amide bonds. The second-order valence-corrected chi connectivity index (χ2v) is 11.7. The Morgan fingerprint density at radius 2 is 1.66 bits per heavy atom. The number of rotatable bonds is 4. The van der Waals surface area contributed by atoms with Crippen LogP contribution in [0.15, 0.2) is 101 Å². The Kier molecular flexibility index (Phi) is 5.29. The number of hydrogen-bond acceptors (Lipinski definition) is 5. The van der Waals surface area contributed by atoms with E-state index in [2.05, 4.69) is 21.2 Å². The summed E-state index contributed by atoms with van der Waals surface area (Å²) in [4.78, 5) is 45.8. The summed E-state index contributed by atoms with van der Waals surface area (Å²) in [5.74, 6) is -1.59. The van der Waals surface area contributed by atoms with Crippen LogP contribution in [0.25, 0.3) is 6.08 Å². The molecule has 38 heavy (non-hydrogen) atoms. The highest BCUT2D eigenvalue weighted by molar-refractivity contribution is 9.10. The molecular weight excluding hydrogens is 560 g/mol. The number of amides is 1. The first kappa shape index (κ1) is 23.3. The lowest BCUT2D eigenvalue weighted by Gasteiger charge is -2.38. The summed E-state index contributed by atoms with van der Waals surface area (Å²) >= 11 is 4.81. The van der Waals surface area contributed by atoms with E-state index in [1.54, 1.807) is 18.2 Å². The van der Waals surface area contributed by atoms with Gasteiger partial charge in [0.2, 0.25) is 5.91 Å². The number of para-hydroxylation sites is 1.